The van der Waals surface area contributed by atoms with Crippen LogP contribution in [0.1, 0.15) is 38.3 Å². The fourth-order valence-electron chi connectivity index (χ4n) is 1.77. The third kappa shape index (κ3) is 4.07. The summed E-state index contributed by atoms with van der Waals surface area (Å²) in [5.74, 6) is 0. The van der Waals surface area contributed by atoms with Gasteiger partial charge in [-0.15, -0.1) is 0 Å². The summed E-state index contributed by atoms with van der Waals surface area (Å²) in [6, 6.07) is 8.74. The highest BCUT2D eigenvalue weighted by atomic mass is 14.0. The molecule has 0 N–H and O–H groups in total. The van der Waals surface area contributed by atoms with E-state index >= 15 is 0 Å². The zero-order valence-corrected chi connectivity index (χ0v) is 11.2. The van der Waals surface area contributed by atoms with Crippen molar-refractivity contribution >= 4 is 5.57 Å². The molecular weight excluding hydrogens is 204 g/mol. The van der Waals surface area contributed by atoms with Gasteiger partial charge in [-0.1, -0.05) is 56.0 Å². The Morgan fingerprint density at radius 3 is 2.29 bits per heavy atom. The normalized spacial score (nSPS) is 12.1. The second-order valence-corrected chi connectivity index (χ2v) is 4.19. The first-order valence-corrected chi connectivity index (χ1v) is 6.26. The first kappa shape index (κ1) is 13.5. The molecule has 0 atom stereocenters. The Bertz CT molecular complexity index is 416. The monoisotopic (exact) mass is 226 g/mol. The Labute approximate surface area is 105 Å². The summed E-state index contributed by atoms with van der Waals surface area (Å²) in [6.45, 7) is 10.3. The number of allylic oxidation sites excluding steroid dienone is 5. The van der Waals surface area contributed by atoms with E-state index in [-0.39, 0.29) is 0 Å². The second-order valence-electron chi connectivity index (χ2n) is 4.19. The molecule has 0 aliphatic rings. The maximum atomic E-state index is 4.06. The molecular formula is C17H22. The van der Waals surface area contributed by atoms with E-state index in [0.717, 1.165) is 12.8 Å². The van der Waals surface area contributed by atoms with Crippen molar-refractivity contribution in [1.82, 2.24) is 0 Å². The van der Waals surface area contributed by atoms with Crippen molar-refractivity contribution in [3.63, 3.8) is 0 Å². The zero-order chi connectivity index (χ0) is 12.7. The maximum Gasteiger partial charge on any atom is -0.00291 e. The first-order chi connectivity index (χ1) is 8.21. The quantitative estimate of drug-likeness (QED) is 0.607. The molecule has 0 radical (unpaired) electrons. The standard InChI is InChI=1S/C17H22/c1-5-8-15(7-3)13-16-9-11-17(12-10-16)14(4)6-2/h5,7-12H,4,6,13H2,1-3H3/b8-5-,15-7+. The fraction of sp³-hybridized carbons (Fsp3) is 0.294. The molecule has 1 aromatic carbocycles. The predicted molar refractivity (Wildman–Crippen MR) is 78.0 cm³/mol. The Balaban J connectivity index is 2.78. The molecule has 0 aliphatic carbocycles. The SMILES string of the molecule is C=C(CC)c1ccc(CC(/C=C\C)=C/C)cc1. The van der Waals surface area contributed by atoms with Crippen LogP contribution < -0.4 is 0 Å². The highest BCUT2D eigenvalue weighted by Crippen LogP contribution is 2.17. The lowest BCUT2D eigenvalue weighted by Crippen LogP contribution is -1.89. The highest BCUT2D eigenvalue weighted by molar-refractivity contribution is 5.63. The van der Waals surface area contributed by atoms with Gasteiger partial charge in [-0.25, -0.2) is 0 Å². The summed E-state index contributed by atoms with van der Waals surface area (Å²) in [6.07, 6.45) is 8.43. The molecule has 0 aliphatic heterocycles. The van der Waals surface area contributed by atoms with Gasteiger partial charge in [0.05, 0.1) is 0 Å². The predicted octanol–water partition coefficient (Wildman–Crippen LogP) is 5.17. The van der Waals surface area contributed by atoms with E-state index in [1.807, 2.05) is 0 Å². The third-order valence-electron chi connectivity index (χ3n) is 2.95. The highest BCUT2D eigenvalue weighted by Gasteiger charge is 1.98. The lowest BCUT2D eigenvalue weighted by Gasteiger charge is -2.06. The van der Waals surface area contributed by atoms with Gasteiger partial charge in [-0.05, 0) is 49.0 Å². The van der Waals surface area contributed by atoms with Crippen LogP contribution in [-0.2, 0) is 6.42 Å². The molecule has 0 bridgehead atoms. The summed E-state index contributed by atoms with van der Waals surface area (Å²) in [4.78, 5) is 0. The third-order valence-corrected chi connectivity index (χ3v) is 2.95. The molecule has 0 nitrogen and oxygen atoms in total. The van der Waals surface area contributed by atoms with E-state index in [1.165, 1.54) is 22.3 Å². The molecule has 0 heterocycles. The van der Waals surface area contributed by atoms with Crippen LogP contribution in [0.25, 0.3) is 5.57 Å². The molecule has 0 fully saturated rings. The van der Waals surface area contributed by atoms with E-state index < -0.39 is 0 Å². The van der Waals surface area contributed by atoms with E-state index in [0.29, 0.717) is 0 Å². The minimum Gasteiger partial charge on any atom is -0.0952 e. The average Bonchev–Trinajstić information content (AvgIpc) is 2.38. The van der Waals surface area contributed by atoms with Crippen LogP contribution in [0.4, 0.5) is 0 Å². The molecule has 90 valence electrons. The Kier molecular flexibility index (Phi) is 5.48. The summed E-state index contributed by atoms with van der Waals surface area (Å²) in [5, 5.41) is 0. The lowest BCUT2D eigenvalue weighted by molar-refractivity contribution is 1.18. The van der Waals surface area contributed by atoms with Crippen molar-refractivity contribution in [2.24, 2.45) is 0 Å². The zero-order valence-electron chi connectivity index (χ0n) is 11.2. The number of hydrogen-bond donors (Lipinski definition) is 0. The van der Waals surface area contributed by atoms with Gasteiger partial charge >= 0.3 is 0 Å². The Hall–Kier alpha value is -1.56. The van der Waals surface area contributed by atoms with Gasteiger partial charge in [0, 0.05) is 0 Å². The van der Waals surface area contributed by atoms with Crippen molar-refractivity contribution in [2.75, 3.05) is 0 Å². The molecule has 0 heteroatoms. The van der Waals surface area contributed by atoms with Crippen molar-refractivity contribution in [3.8, 4) is 0 Å². The molecule has 0 aromatic heterocycles. The van der Waals surface area contributed by atoms with Crippen LogP contribution >= 0.6 is 0 Å². The summed E-state index contributed by atoms with van der Waals surface area (Å²) in [5.41, 5.74) is 5.17. The van der Waals surface area contributed by atoms with Gasteiger partial charge in [0.15, 0.2) is 0 Å². The number of rotatable bonds is 5. The van der Waals surface area contributed by atoms with E-state index in [4.69, 9.17) is 0 Å². The van der Waals surface area contributed by atoms with Crippen LogP contribution in [0.5, 0.6) is 0 Å². The van der Waals surface area contributed by atoms with Crippen LogP contribution in [0.3, 0.4) is 0 Å². The van der Waals surface area contributed by atoms with E-state index in [2.05, 4.69) is 69.8 Å². The second kappa shape index (κ2) is 6.90. The van der Waals surface area contributed by atoms with Gasteiger partial charge in [-0.2, -0.15) is 0 Å². The van der Waals surface area contributed by atoms with Crippen LogP contribution in [0, 0.1) is 0 Å². The molecule has 0 unspecified atom stereocenters. The topological polar surface area (TPSA) is 0 Å². The first-order valence-electron chi connectivity index (χ1n) is 6.26. The van der Waals surface area contributed by atoms with Crippen molar-refractivity contribution in [3.05, 3.63) is 65.8 Å². The van der Waals surface area contributed by atoms with Gasteiger partial charge in [0.25, 0.3) is 0 Å². The molecule has 0 saturated heterocycles. The van der Waals surface area contributed by atoms with Crippen molar-refractivity contribution in [1.29, 1.82) is 0 Å². The van der Waals surface area contributed by atoms with Gasteiger partial charge in [-0.3, -0.25) is 0 Å². The van der Waals surface area contributed by atoms with Crippen LogP contribution in [-0.4, -0.2) is 0 Å². The van der Waals surface area contributed by atoms with Crippen molar-refractivity contribution < 1.29 is 0 Å². The molecule has 0 amide bonds. The minimum absolute atomic E-state index is 1.000. The number of benzene rings is 1. The average molecular weight is 226 g/mol. The van der Waals surface area contributed by atoms with E-state index in [1.54, 1.807) is 0 Å². The molecule has 1 aromatic rings. The lowest BCUT2D eigenvalue weighted by atomic mass is 10.00. The largest absolute Gasteiger partial charge is 0.0952 e. The maximum absolute atomic E-state index is 4.06. The van der Waals surface area contributed by atoms with Gasteiger partial charge < -0.3 is 0 Å². The number of hydrogen-bond acceptors (Lipinski definition) is 0. The molecule has 17 heavy (non-hydrogen) atoms. The minimum atomic E-state index is 1.000. The molecule has 1 rings (SSSR count). The smallest absolute Gasteiger partial charge is 0.00291 e. The summed E-state index contributed by atoms with van der Waals surface area (Å²) in [7, 11) is 0. The Morgan fingerprint density at radius 1 is 1.18 bits per heavy atom. The Morgan fingerprint density at radius 2 is 1.82 bits per heavy atom. The van der Waals surface area contributed by atoms with Crippen LogP contribution in [0.15, 0.2) is 54.6 Å². The fourth-order valence-corrected chi connectivity index (χ4v) is 1.77. The van der Waals surface area contributed by atoms with Crippen molar-refractivity contribution in [2.45, 2.75) is 33.6 Å². The van der Waals surface area contributed by atoms with Gasteiger partial charge in [0.1, 0.15) is 0 Å². The molecule has 0 saturated carbocycles. The van der Waals surface area contributed by atoms with E-state index in [9.17, 15) is 0 Å². The van der Waals surface area contributed by atoms with Gasteiger partial charge in [0.2, 0.25) is 0 Å². The molecule has 0 spiro atoms. The summed E-state index contributed by atoms with van der Waals surface area (Å²) >= 11 is 0. The van der Waals surface area contributed by atoms with Crippen LogP contribution in [0.2, 0.25) is 0 Å². The summed E-state index contributed by atoms with van der Waals surface area (Å²) < 4.78 is 0.